The summed E-state index contributed by atoms with van der Waals surface area (Å²) in [6.45, 7) is 0. The molecule has 0 aromatic heterocycles. The van der Waals surface area contributed by atoms with Gasteiger partial charge in [-0.05, 0) is 17.6 Å². The lowest BCUT2D eigenvalue weighted by Crippen LogP contribution is -2.08. The lowest BCUT2D eigenvalue weighted by molar-refractivity contribution is 0.417. The maximum Gasteiger partial charge on any atom is 0.120 e. The maximum atomic E-state index is 5.59. The average Bonchev–Trinajstić information content (AvgIpc) is 1.95. The van der Waals surface area contributed by atoms with Crippen LogP contribution in [0.4, 0.5) is 0 Å². The molecule has 1 aromatic carbocycles. The third-order valence-electron chi connectivity index (χ3n) is 1.26. The van der Waals surface area contributed by atoms with Crippen molar-refractivity contribution in [1.82, 2.24) is 0 Å². The smallest absolute Gasteiger partial charge is 0.120 e. The molecular weight excluding hydrogens is 143 g/mol. The van der Waals surface area contributed by atoms with Gasteiger partial charge in [0.05, 0.1) is 7.11 Å². The molecule has 2 radical (unpaired) electrons. The second-order valence-corrected chi connectivity index (χ2v) is 2.37. The van der Waals surface area contributed by atoms with Crippen LogP contribution in [0.1, 0.15) is 0 Å². The van der Waals surface area contributed by atoms with Gasteiger partial charge in [0.1, 0.15) is 13.6 Å². The normalized spacial score (nSPS) is 9.40. The average molecular weight is 150 g/mol. The van der Waals surface area contributed by atoms with E-state index in [-0.39, 0.29) is 0 Å². The Morgan fingerprint density at radius 1 is 1.50 bits per heavy atom. The SMILES string of the molecule is [B]c1c(S)cccc1OC. The van der Waals surface area contributed by atoms with Gasteiger partial charge in [0.25, 0.3) is 0 Å². The Hall–Kier alpha value is -0.565. The highest BCUT2D eigenvalue weighted by Crippen LogP contribution is 2.10. The molecule has 0 heterocycles. The highest BCUT2D eigenvalue weighted by atomic mass is 32.1. The van der Waals surface area contributed by atoms with Gasteiger partial charge in [0.2, 0.25) is 0 Å². The topological polar surface area (TPSA) is 9.23 Å². The summed E-state index contributed by atoms with van der Waals surface area (Å²) >= 11 is 4.12. The molecule has 3 heteroatoms. The molecule has 0 amide bonds. The quantitative estimate of drug-likeness (QED) is 0.459. The van der Waals surface area contributed by atoms with Crippen molar-refractivity contribution in [3.05, 3.63) is 18.2 Å². The second kappa shape index (κ2) is 3.02. The number of benzene rings is 1. The highest BCUT2D eigenvalue weighted by molar-refractivity contribution is 7.80. The second-order valence-electron chi connectivity index (χ2n) is 1.89. The van der Waals surface area contributed by atoms with E-state index in [1.807, 2.05) is 12.1 Å². The first-order valence-corrected chi connectivity index (χ1v) is 3.32. The summed E-state index contributed by atoms with van der Waals surface area (Å²) in [5.74, 6) is 0.674. The van der Waals surface area contributed by atoms with Gasteiger partial charge in [0.15, 0.2) is 0 Å². The first kappa shape index (κ1) is 7.54. The van der Waals surface area contributed by atoms with E-state index in [0.717, 1.165) is 4.90 Å². The Kier molecular flexibility index (Phi) is 2.27. The fraction of sp³-hybridized carbons (Fsp3) is 0.143. The molecule has 1 rings (SSSR count). The standard InChI is InChI=1S/C7H7BOS/c1-9-5-3-2-4-6(10)7(5)8/h2-4,10H,1H3. The Morgan fingerprint density at radius 2 is 2.20 bits per heavy atom. The van der Waals surface area contributed by atoms with Gasteiger partial charge in [-0.15, -0.1) is 12.6 Å². The summed E-state index contributed by atoms with van der Waals surface area (Å²) in [7, 11) is 7.17. The molecular formula is C7H7BOS. The minimum atomic E-state index is 0.591. The lowest BCUT2D eigenvalue weighted by atomic mass is 9.95. The van der Waals surface area contributed by atoms with Crippen LogP contribution >= 0.6 is 12.6 Å². The third-order valence-corrected chi connectivity index (χ3v) is 1.65. The van der Waals surface area contributed by atoms with Gasteiger partial charge in [-0.1, -0.05) is 6.07 Å². The predicted molar refractivity (Wildman–Crippen MR) is 45.6 cm³/mol. The van der Waals surface area contributed by atoms with E-state index in [1.54, 1.807) is 13.2 Å². The van der Waals surface area contributed by atoms with Crippen molar-refractivity contribution in [2.24, 2.45) is 0 Å². The molecule has 0 saturated heterocycles. The Balaban J connectivity index is 3.14. The van der Waals surface area contributed by atoms with Gasteiger partial charge >= 0.3 is 0 Å². The molecule has 1 nitrogen and oxygen atoms in total. The van der Waals surface area contributed by atoms with Crippen molar-refractivity contribution in [3.8, 4) is 5.75 Å². The van der Waals surface area contributed by atoms with Crippen LogP contribution in [0.15, 0.2) is 23.1 Å². The van der Waals surface area contributed by atoms with Crippen LogP contribution in [0.25, 0.3) is 0 Å². The minimum absolute atomic E-state index is 0.591. The minimum Gasteiger partial charge on any atom is -0.497 e. The van der Waals surface area contributed by atoms with Crippen molar-refractivity contribution >= 4 is 25.9 Å². The number of hydrogen-bond acceptors (Lipinski definition) is 2. The van der Waals surface area contributed by atoms with Crippen LogP contribution in [0.5, 0.6) is 5.75 Å². The summed E-state index contributed by atoms with van der Waals surface area (Å²) in [4.78, 5) is 0.749. The largest absolute Gasteiger partial charge is 0.497 e. The van der Waals surface area contributed by atoms with Crippen LogP contribution in [0.3, 0.4) is 0 Å². The first-order valence-electron chi connectivity index (χ1n) is 2.87. The van der Waals surface area contributed by atoms with Gasteiger partial charge in [-0.2, -0.15) is 0 Å². The van der Waals surface area contributed by atoms with Gasteiger partial charge in [-0.25, -0.2) is 0 Å². The van der Waals surface area contributed by atoms with Gasteiger partial charge in [0, 0.05) is 4.90 Å². The van der Waals surface area contributed by atoms with Crippen LogP contribution in [-0.4, -0.2) is 15.0 Å². The molecule has 0 saturated carbocycles. The number of ether oxygens (including phenoxy) is 1. The molecule has 0 fully saturated rings. The van der Waals surface area contributed by atoms with E-state index in [2.05, 4.69) is 12.6 Å². The number of hydrogen-bond donors (Lipinski definition) is 1. The molecule has 1 aromatic rings. The van der Waals surface area contributed by atoms with Crippen LogP contribution in [0, 0.1) is 0 Å². The number of thiol groups is 1. The lowest BCUT2D eigenvalue weighted by Gasteiger charge is -2.05. The van der Waals surface area contributed by atoms with E-state index >= 15 is 0 Å². The molecule has 0 bridgehead atoms. The molecule has 50 valence electrons. The predicted octanol–water partition coefficient (Wildman–Crippen LogP) is 0.778. The Labute approximate surface area is 67.2 Å². The summed E-state index contributed by atoms with van der Waals surface area (Å²) in [5, 5.41) is 0. The zero-order valence-electron chi connectivity index (χ0n) is 5.66. The molecule has 0 aliphatic carbocycles. The van der Waals surface area contributed by atoms with Crippen molar-refractivity contribution in [1.29, 1.82) is 0 Å². The summed E-state index contributed by atoms with van der Waals surface area (Å²) in [6, 6.07) is 5.47. The van der Waals surface area contributed by atoms with Crippen molar-refractivity contribution < 1.29 is 4.74 Å². The third kappa shape index (κ3) is 1.29. The molecule has 0 aliphatic heterocycles. The number of rotatable bonds is 1. The molecule has 0 unspecified atom stereocenters. The Bertz CT molecular complexity index is 237. The monoisotopic (exact) mass is 150 g/mol. The van der Waals surface area contributed by atoms with Crippen LogP contribution in [0.2, 0.25) is 0 Å². The summed E-state index contributed by atoms with van der Waals surface area (Å²) in [6.07, 6.45) is 0. The van der Waals surface area contributed by atoms with Crippen LogP contribution in [-0.2, 0) is 0 Å². The summed E-state index contributed by atoms with van der Waals surface area (Å²) in [5.41, 5.74) is 0.591. The van der Waals surface area contributed by atoms with Gasteiger partial charge in [-0.3, -0.25) is 0 Å². The van der Waals surface area contributed by atoms with Gasteiger partial charge < -0.3 is 4.74 Å². The number of methoxy groups -OCH3 is 1. The molecule has 0 aliphatic rings. The van der Waals surface area contributed by atoms with E-state index in [1.165, 1.54) is 0 Å². The van der Waals surface area contributed by atoms with E-state index in [4.69, 9.17) is 12.6 Å². The first-order chi connectivity index (χ1) is 4.75. The fourth-order valence-electron chi connectivity index (χ4n) is 0.710. The van der Waals surface area contributed by atoms with E-state index < -0.39 is 0 Å². The fourth-order valence-corrected chi connectivity index (χ4v) is 0.907. The molecule has 0 N–H and O–H groups in total. The van der Waals surface area contributed by atoms with E-state index in [0.29, 0.717) is 11.2 Å². The zero-order chi connectivity index (χ0) is 7.56. The zero-order valence-corrected chi connectivity index (χ0v) is 6.56. The Morgan fingerprint density at radius 3 is 2.70 bits per heavy atom. The van der Waals surface area contributed by atoms with Crippen molar-refractivity contribution in [2.45, 2.75) is 4.90 Å². The molecule has 10 heavy (non-hydrogen) atoms. The highest BCUT2D eigenvalue weighted by Gasteiger charge is 1.97. The summed E-state index contributed by atoms with van der Waals surface area (Å²) < 4.78 is 4.95. The van der Waals surface area contributed by atoms with E-state index in [9.17, 15) is 0 Å². The van der Waals surface area contributed by atoms with Crippen LogP contribution < -0.4 is 10.2 Å². The van der Waals surface area contributed by atoms with Crippen molar-refractivity contribution in [3.63, 3.8) is 0 Å². The molecule has 0 atom stereocenters. The molecule has 0 spiro atoms. The van der Waals surface area contributed by atoms with Crippen molar-refractivity contribution in [2.75, 3.05) is 7.11 Å². The maximum absolute atomic E-state index is 5.59.